The van der Waals surface area contributed by atoms with Gasteiger partial charge in [0.15, 0.2) is 5.82 Å². The molecule has 5 nitrogen and oxygen atoms in total. The summed E-state index contributed by atoms with van der Waals surface area (Å²) in [6.07, 6.45) is -4.44. The molecule has 0 spiro atoms. The Kier molecular flexibility index (Phi) is 6.24. The van der Waals surface area contributed by atoms with Crippen LogP contribution in [-0.4, -0.2) is 27.7 Å². The topological polar surface area (TPSA) is 64.0 Å². The van der Waals surface area contributed by atoms with Gasteiger partial charge in [-0.3, -0.25) is 14.2 Å². The van der Waals surface area contributed by atoms with E-state index < -0.39 is 57.9 Å². The molecule has 0 aliphatic carbocycles. The number of rotatable bonds is 4. The fraction of sp³-hybridized carbons (Fsp3) is 0.211. The summed E-state index contributed by atoms with van der Waals surface area (Å²) in [6.45, 7) is 1.21. The van der Waals surface area contributed by atoms with E-state index in [1.54, 1.807) is 5.32 Å². The van der Waals surface area contributed by atoms with E-state index in [1.165, 1.54) is 19.1 Å². The van der Waals surface area contributed by atoms with Gasteiger partial charge in [0, 0.05) is 12.3 Å². The van der Waals surface area contributed by atoms with Gasteiger partial charge in [-0.05, 0) is 24.6 Å². The molecule has 12 heteroatoms. The first kappa shape index (κ1) is 23.0. The van der Waals surface area contributed by atoms with Crippen molar-refractivity contribution in [3.05, 3.63) is 68.1 Å². The van der Waals surface area contributed by atoms with Crippen molar-refractivity contribution in [1.82, 2.24) is 14.9 Å². The maximum Gasteiger partial charge on any atom is 0.408 e. The number of carbonyl (C=O) groups is 1. The summed E-state index contributed by atoms with van der Waals surface area (Å²) in [4.78, 5) is 29.3. The van der Waals surface area contributed by atoms with Gasteiger partial charge >= 0.3 is 6.18 Å². The molecule has 1 amide bonds. The number of nitrogens with one attached hydrogen (secondary N) is 1. The number of carbonyl (C=O) groups excluding carboxylic acids is 1. The van der Waals surface area contributed by atoms with Crippen LogP contribution in [-0.2, 0) is 0 Å². The fourth-order valence-corrected chi connectivity index (χ4v) is 3.36. The number of benzene rings is 1. The highest BCUT2D eigenvalue weighted by atomic mass is 35.5. The zero-order chi connectivity index (χ0) is 23.1. The van der Waals surface area contributed by atoms with Gasteiger partial charge < -0.3 is 5.32 Å². The molecule has 1 aromatic carbocycles. The van der Waals surface area contributed by atoms with Crippen LogP contribution in [0.4, 0.5) is 22.0 Å². The van der Waals surface area contributed by atoms with E-state index in [0.29, 0.717) is 6.07 Å². The number of nitrogens with zero attached hydrogens (tertiary/aromatic N) is 2. The molecule has 0 saturated heterocycles. The number of aromatic nitrogens is 2. The van der Waals surface area contributed by atoms with Crippen LogP contribution in [0.15, 0.2) is 35.3 Å². The van der Waals surface area contributed by atoms with E-state index in [4.69, 9.17) is 23.2 Å². The average Bonchev–Trinajstić information content (AvgIpc) is 2.65. The Morgan fingerprint density at radius 2 is 1.90 bits per heavy atom. The van der Waals surface area contributed by atoms with Gasteiger partial charge in [-0.25, -0.2) is 13.8 Å². The Balaban J connectivity index is 2.29. The molecule has 3 aromatic rings. The molecule has 2 aromatic heterocycles. The quantitative estimate of drug-likeness (QED) is 0.421. The van der Waals surface area contributed by atoms with Crippen molar-refractivity contribution in [3.8, 4) is 5.69 Å². The highest BCUT2D eigenvalue weighted by Crippen LogP contribution is 2.28. The highest BCUT2D eigenvalue weighted by Gasteiger charge is 2.39. The molecule has 1 N–H and O–H groups in total. The second kappa shape index (κ2) is 8.43. The number of hydrogen-bond donors (Lipinski definition) is 1. The van der Waals surface area contributed by atoms with Gasteiger partial charge in [0.25, 0.3) is 5.91 Å². The Labute approximate surface area is 181 Å². The molecule has 0 aliphatic heterocycles. The average molecular weight is 480 g/mol. The minimum atomic E-state index is -4.75. The zero-order valence-electron chi connectivity index (χ0n) is 15.5. The summed E-state index contributed by atoms with van der Waals surface area (Å²) >= 11 is 11.8. The van der Waals surface area contributed by atoms with Crippen molar-refractivity contribution in [2.75, 3.05) is 0 Å². The number of alkyl halides is 3. The first-order valence-electron chi connectivity index (χ1n) is 8.68. The molecule has 2 heterocycles. The predicted molar refractivity (Wildman–Crippen MR) is 105 cm³/mol. The van der Waals surface area contributed by atoms with Crippen LogP contribution in [0.25, 0.3) is 16.7 Å². The highest BCUT2D eigenvalue weighted by molar-refractivity contribution is 6.32. The fourth-order valence-electron chi connectivity index (χ4n) is 2.93. The summed E-state index contributed by atoms with van der Waals surface area (Å²) in [7, 11) is 0. The lowest BCUT2D eigenvalue weighted by Gasteiger charge is -2.20. The molecule has 0 aliphatic rings. The predicted octanol–water partition coefficient (Wildman–Crippen LogP) is 5.04. The third-order valence-electron chi connectivity index (χ3n) is 4.39. The van der Waals surface area contributed by atoms with E-state index in [9.17, 15) is 31.5 Å². The largest absolute Gasteiger partial charge is 0.408 e. The molecular weight excluding hydrogens is 468 g/mol. The van der Waals surface area contributed by atoms with E-state index in [0.717, 1.165) is 16.8 Å². The normalized spacial score (nSPS) is 12.8. The van der Waals surface area contributed by atoms with Crippen LogP contribution < -0.4 is 10.7 Å². The molecule has 1 atom stereocenters. The Morgan fingerprint density at radius 3 is 2.48 bits per heavy atom. The van der Waals surface area contributed by atoms with Crippen LogP contribution >= 0.6 is 23.2 Å². The summed E-state index contributed by atoms with van der Waals surface area (Å²) in [5.74, 6) is -3.49. The smallest absolute Gasteiger partial charge is 0.340 e. The Morgan fingerprint density at radius 1 is 1.23 bits per heavy atom. The summed E-state index contributed by atoms with van der Waals surface area (Å²) < 4.78 is 68.1. The van der Waals surface area contributed by atoms with Crippen LogP contribution in [0.1, 0.15) is 23.7 Å². The number of amides is 1. The lowest BCUT2D eigenvalue weighted by atomic mass is 10.1. The van der Waals surface area contributed by atoms with Crippen LogP contribution in [0.3, 0.4) is 0 Å². The van der Waals surface area contributed by atoms with Gasteiger partial charge in [-0.1, -0.05) is 30.1 Å². The number of fused-ring (bicyclic) bond motifs is 1. The van der Waals surface area contributed by atoms with E-state index in [1.807, 2.05) is 0 Å². The van der Waals surface area contributed by atoms with Crippen molar-refractivity contribution in [1.29, 1.82) is 0 Å². The van der Waals surface area contributed by atoms with E-state index in [-0.39, 0.29) is 16.2 Å². The molecule has 3 rings (SSSR count). The molecule has 0 radical (unpaired) electrons. The minimum absolute atomic E-state index is 0.0976. The van der Waals surface area contributed by atoms with E-state index in [2.05, 4.69) is 4.98 Å². The minimum Gasteiger partial charge on any atom is -0.340 e. The van der Waals surface area contributed by atoms with Gasteiger partial charge in [0.2, 0.25) is 5.43 Å². The van der Waals surface area contributed by atoms with Gasteiger partial charge in [-0.15, -0.1) is 0 Å². The summed E-state index contributed by atoms with van der Waals surface area (Å²) in [5.41, 5.74) is -2.38. The van der Waals surface area contributed by atoms with Crippen LogP contribution in [0.2, 0.25) is 10.2 Å². The van der Waals surface area contributed by atoms with Crippen LogP contribution in [0.5, 0.6) is 0 Å². The standard InChI is InChI=1S/C19H12Cl2F5N3O2/c1-2-13(19(24,25)26)27-18(31)10-7-29(15-11(20)5-8(22)6-12(15)23)17-9(16(10)30)3-4-14(21)28-17/h3-7,13H,2H2,1H3,(H,27,31). The number of hydrogen-bond acceptors (Lipinski definition) is 3. The molecule has 0 fully saturated rings. The third kappa shape index (κ3) is 4.49. The number of halogens is 7. The first-order chi connectivity index (χ1) is 14.4. The van der Waals surface area contributed by atoms with Crippen LogP contribution in [0, 0.1) is 11.6 Å². The summed E-state index contributed by atoms with van der Waals surface area (Å²) in [6, 6.07) is 1.47. The molecular formula is C19H12Cl2F5N3O2. The van der Waals surface area contributed by atoms with Gasteiger partial charge in [-0.2, -0.15) is 13.2 Å². The van der Waals surface area contributed by atoms with Crippen molar-refractivity contribution < 1.29 is 26.7 Å². The number of pyridine rings is 2. The van der Waals surface area contributed by atoms with E-state index >= 15 is 0 Å². The second-order valence-corrected chi connectivity index (χ2v) is 7.24. The molecule has 1 unspecified atom stereocenters. The lowest BCUT2D eigenvalue weighted by Crippen LogP contribution is -2.46. The molecule has 0 saturated carbocycles. The maximum atomic E-state index is 14.5. The lowest BCUT2D eigenvalue weighted by molar-refractivity contribution is -0.153. The Hall–Kier alpha value is -2.72. The third-order valence-corrected chi connectivity index (χ3v) is 4.89. The molecule has 164 valence electrons. The monoisotopic (exact) mass is 479 g/mol. The van der Waals surface area contributed by atoms with Crippen molar-refractivity contribution in [2.24, 2.45) is 0 Å². The second-order valence-electron chi connectivity index (χ2n) is 6.44. The summed E-state index contributed by atoms with van der Waals surface area (Å²) in [5, 5.41) is 0.977. The van der Waals surface area contributed by atoms with Gasteiger partial charge in [0.1, 0.15) is 33.9 Å². The zero-order valence-corrected chi connectivity index (χ0v) is 17.0. The van der Waals surface area contributed by atoms with Crippen molar-refractivity contribution in [2.45, 2.75) is 25.6 Å². The van der Waals surface area contributed by atoms with Gasteiger partial charge in [0.05, 0.1) is 10.4 Å². The SMILES string of the molecule is CCC(NC(=O)c1cn(-c2c(F)cc(F)cc2Cl)c2nc(Cl)ccc2c1=O)C(F)(F)F. The van der Waals surface area contributed by atoms with Crippen molar-refractivity contribution >= 4 is 40.1 Å². The Bertz CT molecular complexity index is 1220. The maximum absolute atomic E-state index is 14.5. The molecule has 31 heavy (non-hydrogen) atoms. The first-order valence-corrected chi connectivity index (χ1v) is 9.44. The molecule has 0 bridgehead atoms. The van der Waals surface area contributed by atoms with Crippen molar-refractivity contribution in [3.63, 3.8) is 0 Å².